The van der Waals surface area contributed by atoms with Gasteiger partial charge >= 0.3 is 0 Å². The third kappa shape index (κ3) is 3.15. The third-order valence-electron chi connectivity index (χ3n) is 1.68. The van der Waals surface area contributed by atoms with E-state index in [1.807, 2.05) is 0 Å². The van der Waals surface area contributed by atoms with Gasteiger partial charge in [-0.3, -0.25) is 4.79 Å². The Morgan fingerprint density at radius 3 is 2.85 bits per heavy atom. The summed E-state index contributed by atoms with van der Waals surface area (Å²) >= 11 is 5.67. The number of carbonyl (C=O) groups is 1. The highest BCUT2D eigenvalue weighted by molar-refractivity contribution is 6.30. The molecule has 1 atom stereocenters. The van der Waals surface area contributed by atoms with Crippen molar-refractivity contribution in [2.45, 2.75) is 19.5 Å². The van der Waals surface area contributed by atoms with E-state index < -0.39 is 6.17 Å². The molecule has 0 aliphatic carbocycles. The zero-order valence-corrected chi connectivity index (χ0v) is 8.01. The summed E-state index contributed by atoms with van der Waals surface area (Å²) in [7, 11) is 0. The summed E-state index contributed by atoms with van der Waals surface area (Å²) in [6, 6.07) is 6.50. The molecule has 1 aromatic carbocycles. The molecule has 0 fully saturated rings. The molecule has 0 aliphatic rings. The maximum atomic E-state index is 13.3. The number of ketones is 1. The van der Waals surface area contributed by atoms with Crippen LogP contribution >= 0.6 is 11.6 Å². The van der Waals surface area contributed by atoms with Crippen molar-refractivity contribution in [3.63, 3.8) is 0 Å². The van der Waals surface area contributed by atoms with Crippen molar-refractivity contribution in [1.82, 2.24) is 0 Å². The Morgan fingerprint density at radius 1 is 1.62 bits per heavy atom. The second kappa shape index (κ2) is 4.38. The van der Waals surface area contributed by atoms with Gasteiger partial charge in [0.15, 0.2) is 0 Å². The molecule has 70 valence electrons. The lowest BCUT2D eigenvalue weighted by Crippen LogP contribution is -1.98. The zero-order chi connectivity index (χ0) is 9.84. The zero-order valence-electron chi connectivity index (χ0n) is 7.26. The number of halogens is 2. The SMILES string of the molecule is CC(=O)CC(F)c1cccc(Cl)c1. The quantitative estimate of drug-likeness (QED) is 0.732. The maximum Gasteiger partial charge on any atom is 0.133 e. The van der Waals surface area contributed by atoms with E-state index in [2.05, 4.69) is 0 Å². The summed E-state index contributed by atoms with van der Waals surface area (Å²) in [5.74, 6) is -0.160. The van der Waals surface area contributed by atoms with Gasteiger partial charge in [-0.1, -0.05) is 23.7 Å². The summed E-state index contributed by atoms with van der Waals surface area (Å²) < 4.78 is 13.3. The predicted molar refractivity (Wildman–Crippen MR) is 50.6 cm³/mol. The van der Waals surface area contributed by atoms with E-state index in [1.165, 1.54) is 13.0 Å². The number of benzene rings is 1. The number of Topliss-reactive ketones (excluding diaryl/α,β-unsaturated/α-hetero) is 1. The lowest BCUT2D eigenvalue weighted by Gasteiger charge is -2.05. The van der Waals surface area contributed by atoms with Gasteiger partial charge in [0.25, 0.3) is 0 Å². The van der Waals surface area contributed by atoms with Gasteiger partial charge in [-0.25, -0.2) is 4.39 Å². The molecule has 0 saturated carbocycles. The van der Waals surface area contributed by atoms with Crippen LogP contribution < -0.4 is 0 Å². The van der Waals surface area contributed by atoms with Crippen molar-refractivity contribution in [2.24, 2.45) is 0 Å². The van der Waals surface area contributed by atoms with Crippen LogP contribution in [0.5, 0.6) is 0 Å². The molecule has 1 rings (SSSR count). The van der Waals surface area contributed by atoms with Crippen molar-refractivity contribution in [3.8, 4) is 0 Å². The van der Waals surface area contributed by atoms with Crippen LogP contribution in [-0.4, -0.2) is 5.78 Å². The second-order valence-corrected chi connectivity index (χ2v) is 3.37. The molecule has 0 heterocycles. The molecule has 0 aromatic heterocycles. The fourth-order valence-corrected chi connectivity index (χ4v) is 1.27. The number of alkyl halides is 1. The highest BCUT2D eigenvalue weighted by atomic mass is 35.5. The molecule has 0 amide bonds. The molecular weight excluding hydrogens is 191 g/mol. The molecule has 1 nitrogen and oxygen atoms in total. The minimum Gasteiger partial charge on any atom is -0.300 e. The van der Waals surface area contributed by atoms with Gasteiger partial charge in [0.05, 0.1) is 0 Å². The first-order chi connectivity index (χ1) is 6.09. The number of hydrogen-bond acceptors (Lipinski definition) is 1. The highest BCUT2D eigenvalue weighted by Gasteiger charge is 2.11. The standard InChI is InChI=1S/C10H10ClFO/c1-7(13)5-10(12)8-3-2-4-9(11)6-8/h2-4,6,10H,5H2,1H3. The third-order valence-corrected chi connectivity index (χ3v) is 1.91. The van der Waals surface area contributed by atoms with Gasteiger partial charge in [-0.15, -0.1) is 0 Å². The van der Waals surface area contributed by atoms with E-state index in [-0.39, 0.29) is 12.2 Å². The van der Waals surface area contributed by atoms with Gasteiger partial charge in [-0.05, 0) is 24.6 Å². The van der Waals surface area contributed by atoms with Crippen molar-refractivity contribution in [3.05, 3.63) is 34.9 Å². The topological polar surface area (TPSA) is 17.1 Å². The van der Waals surface area contributed by atoms with Crippen LogP contribution in [0.3, 0.4) is 0 Å². The molecule has 0 N–H and O–H groups in total. The predicted octanol–water partition coefficient (Wildman–Crippen LogP) is 3.33. The molecule has 1 aromatic rings. The normalized spacial score (nSPS) is 12.5. The van der Waals surface area contributed by atoms with Gasteiger partial charge in [-0.2, -0.15) is 0 Å². The van der Waals surface area contributed by atoms with Crippen LogP contribution in [0, 0.1) is 0 Å². The van der Waals surface area contributed by atoms with E-state index in [0.717, 1.165) is 0 Å². The van der Waals surface area contributed by atoms with Crippen LogP contribution in [-0.2, 0) is 4.79 Å². The molecular formula is C10H10ClFO. The minimum absolute atomic E-state index is 0.0830. The molecule has 0 radical (unpaired) electrons. The lowest BCUT2D eigenvalue weighted by molar-refractivity contribution is -0.118. The molecule has 1 unspecified atom stereocenters. The van der Waals surface area contributed by atoms with E-state index in [0.29, 0.717) is 10.6 Å². The Bertz CT molecular complexity index is 312. The van der Waals surface area contributed by atoms with Crippen molar-refractivity contribution in [1.29, 1.82) is 0 Å². The Hall–Kier alpha value is -0.890. The Balaban J connectivity index is 2.76. The average molecular weight is 201 g/mol. The fraction of sp³-hybridized carbons (Fsp3) is 0.300. The van der Waals surface area contributed by atoms with Gasteiger partial charge in [0, 0.05) is 11.4 Å². The largest absolute Gasteiger partial charge is 0.300 e. The molecule has 0 saturated heterocycles. The second-order valence-electron chi connectivity index (χ2n) is 2.93. The Morgan fingerprint density at radius 2 is 2.31 bits per heavy atom. The smallest absolute Gasteiger partial charge is 0.133 e. The van der Waals surface area contributed by atoms with Gasteiger partial charge in [0.1, 0.15) is 12.0 Å². The Kier molecular flexibility index (Phi) is 3.43. The first-order valence-electron chi connectivity index (χ1n) is 3.98. The number of hydrogen-bond donors (Lipinski definition) is 0. The fourth-order valence-electron chi connectivity index (χ4n) is 1.07. The van der Waals surface area contributed by atoms with E-state index in [4.69, 9.17) is 11.6 Å². The van der Waals surface area contributed by atoms with Crippen LogP contribution in [0.1, 0.15) is 25.1 Å². The molecule has 13 heavy (non-hydrogen) atoms. The maximum absolute atomic E-state index is 13.3. The summed E-state index contributed by atoms with van der Waals surface area (Å²) in [6.45, 7) is 1.37. The first kappa shape index (κ1) is 10.2. The summed E-state index contributed by atoms with van der Waals surface area (Å²) in [4.78, 5) is 10.6. The van der Waals surface area contributed by atoms with Crippen molar-refractivity contribution >= 4 is 17.4 Å². The number of carbonyl (C=O) groups excluding carboxylic acids is 1. The van der Waals surface area contributed by atoms with E-state index in [1.54, 1.807) is 18.2 Å². The van der Waals surface area contributed by atoms with Crippen LogP contribution in [0.2, 0.25) is 5.02 Å². The summed E-state index contributed by atoms with van der Waals surface area (Å²) in [5.41, 5.74) is 0.461. The molecule has 0 aliphatic heterocycles. The van der Waals surface area contributed by atoms with Crippen LogP contribution in [0.4, 0.5) is 4.39 Å². The average Bonchev–Trinajstić information content (AvgIpc) is 2.03. The van der Waals surface area contributed by atoms with E-state index >= 15 is 0 Å². The van der Waals surface area contributed by atoms with Gasteiger partial charge in [0.2, 0.25) is 0 Å². The summed E-state index contributed by atoms with van der Waals surface area (Å²) in [6.07, 6.45) is -1.32. The van der Waals surface area contributed by atoms with Crippen LogP contribution in [0.25, 0.3) is 0 Å². The van der Waals surface area contributed by atoms with Gasteiger partial charge < -0.3 is 0 Å². The first-order valence-corrected chi connectivity index (χ1v) is 4.36. The summed E-state index contributed by atoms with van der Waals surface area (Å²) in [5, 5.41) is 0.490. The van der Waals surface area contributed by atoms with Crippen molar-refractivity contribution in [2.75, 3.05) is 0 Å². The lowest BCUT2D eigenvalue weighted by atomic mass is 10.1. The molecule has 3 heteroatoms. The number of rotatable bonds is 3. The Labute approximate surface area is 81.5 Å². The molecule has 0 bridgehead atoms. The highest BCUT2D eigenvalue weighted by Crippen LogP contribution is 2.23. The minimum atomic E-state index is -1.24. The monoisotopic (exact) mass is 200 g/mol. The molecule has 0 spiro atoms. The van der Waals surface area contributed by atoms with Crippen LogP contribution in [0.15, 0.2) is 24.3 Å². The van der Waals surface area contributed by atoms with Crippen molar-refractivity contribution < 1.29 is 9.18 Å². The van der Waals surface area contributed by atoms with E-state index in [9.17, 15) is 9.18 Å².